The number of carbonyl (C=O) groups is 2. The lowest BCUT2D eigenvalue weighted by molar-refractivity contribution is -0.223. The zero-order valence-corrected chi connectivity index (χ0v) is 11.1. The molecule has 2 aliphatic heterocycles. The van der Waals surface area contributed by atoms with Gasteiger partial charge >= 0.3 is 18.4 Å². The molecule has 2 aliphatic rings. The number of nitriles is 1. The number of urea groups is 1. The summed E-state index contributed by atoms with van der Waals surface area (Å²) in [4.78, 5) is 29.3. The first-order valence-corrected chi connectivity index (χ1v) is 6.14. The Bertz CT molecular complexity index is 501. The number of nitrogens with zero attached hydrogens (tertiary/aromatic N) is 3. The molecule has 1 unspecified atom stereocenters. The first-order valence-electron chi connectivity index (χ1n) is 6.14. The van der Waals surface area contributed by atoms with Crippen LogP contribution in [0.25, 0.3) is 0 Å². The van der Waals surface area contributed by atoms with Crippen molar-refractivity contribution in [3.8, 4) is 6.07 Å². The predicted octanol–water partition coefficient (Wildman–Crippen LogP) is 0.735. The third-order valence-electron chi connectivity index (χ3n) is 3.18. The van der Waals surface area contributed by atoms with Crippen molar-refractivity contribution < 1.29 is 23.6 Å². The van der Waals surface area contributed by atoms with Gasteiger partial charge in [-0.25, -0.2) is 18.8 Å². The van der Waals surface area contributed by atoms with Crippen LogP contribution in [0.1, 0.15) is 13.8 Å². The van der Waals surface area contributed by atoms with Crippen molar-refractivity contribution in [3.63, 3.8) is 0 Å². The number of hydrogen-bond acceptors (Lipinski definition) is 5. The van der Waals surface area contributed by atoms with Gasteiger partial charge in [0.1, 0.15) is 12.1 Å². The molecule has 0 aliphatic carbocycles. The summed E-state index contributed by atoms with van der Waals surface area (Å²) in [7, 11) is 0. The van der Waals surface area contributed by atoms with E-state index in [2.05, 4.69) is 4.74 Å². The van der Waals surface area contributed by atoms with Crippen LogP contribution in [0.2, 0.25) is 0 Å². The minimum atomic E-state index is -2.37. The van der Waals surface area contributed by atoms with Crippen molar-refractivity contribution in [2.45, 2.75) is 32.3 Å². The molecule has 2 rings (SSSR count). The summed E-state index contributed by atoms with van der Waals surface area (Å²) in [5.41, 5.74) is 0.717. The molecule has 3 atom stereocenters. The molecule has 0 spiro atoms. The average Bonchev–Trinajstić information content (AvgIpc) is 2.70. The number of halogens is 1. The van der Waals surface area contributed by atoms with Crippen LogP contribution in [0.4, 0.5) is 9.18 Å². The summed E-state index contributed by atoms with van der Waals surface area (Å²) >= 11 is 0. The first-order chi connectivity index (χ1) is 9.49. The fourth-order valence-corrected chi connectivity index (χ4v) is 2.19. The summed E-state index contributed by atoms with van der Waals surface area (Å²) in [6, 6.07) is 0.132. The van der Waals surface area contributed by atoms with Crippen molar-refractivity contribution in [1.29, 1.82) is 5.26 Å². The van der Waals surface area contributed by atoms with Crippen LogP contribution in [0.5, 0.6) is 0 Å². The molecular weight excluding hydrogens is 269 g/mol. The number of rotatable bonds is 4. The highest BCUT2D eigenvalue weighted by molar-refractivity contribution is 5.79. The zero-order chi connectivity index (χ0) is 14.9. The quantitative estimate of drug-likeness (QED) is 0.561. The minimum absolute atomic E-state index is 0.0154. The first kappa shape index (κ1) is 14.3. The molecule has 0 aromatic heterocycles. The zero-order valence-electron chi connectivity index (χ0n) is 11.1. The van der Waals surface area contributed by atoms with Crippen LogP contribution in [-0.2, 0) is 14.4 Å². The molecule has 8 heteroatoms. The Morgan fingerprint density at radius 1 is 1.70 bits per heavy atom. The van der Waals surface area contributed by atoms with E-state index in [1.165, 1.54) is 11.8 Å². The average molecular weight is 283 g/mol. The molecule has 108 valence electrons. The topological polar surface area (TPSA) is 82.9 Å². The van der Waals surface area contributed by atoms with Gasteiger partial charge in [0.05, 0.1) is 19.2 Å². The summed E-state index contributed by atoms with van der Waals surface area (Å²) in [6.45, 7) is 3.50. The van der Waals surface area contributed by atoms with E-state index >= 15 is 0 Å². The van der Waals surface area contributed by atoms with E-state index in [0.717, 1.165) is 10.6 Å². The third-order valence-corrected chi connectivity index (χ3v) is 3.18. The van der Waals surface area contributed by atoms with Gasteiger partial charge in [-0.3, -0.25) is 0 Å². The van der Waals surface area contributed by atoms with E-state index in [1.54, 1.807) is 13.0 Å². The Labute approximate surface area is 115 Å². The Morgan fingerprint density at radius 3 is 3.00 bits per heavy atom. The number of amides is 2. The monoisotopic (exact) mass is 283 g/mol. The smallest absolute Gasteiger partial charge is 0.370 e. The lowest BCUT2D eigenvalue weighted by Crippen LogP contribution is -2.40. The molecule has 7 nitrogen and oxygen atoms in total. The highest BCUT2D eigenvalue weighted by atomic mass is 19.1. The number of hydrogen-bond donors (Lipinski definition) is 0. The molecule has 0 aromatic rings. The van der Waals surface area contributed by atoms with Gasteiger partial charge in [-0.2, -0.15) is 10.3 Å². The molecule has 0 radical (unpaired) electrons. The molecule has 2 amide bonds. The molecule has 20 heavy (non-hydrogen) atoms. The Morgan fingerprint density at radius 2 is 2.40 bits per heavy atom. The standard InChI is InChI=1S/C12H14FN3O4/c1-3-19-11(17)10(13)20-16-9-6-15(12(16)18)8(5-14)4-7(9)2/h4,8-10H,3,6H2,1-2H3/t8?,9-,10+/m1/s1. The molecule has 0 aromatic carbocycles. The summed E-state index contributed by atoms with van der Waals surface area (Å²) < 4.78 is 18.1. The molecule has 1 fully saturated rings. The summed E-state index contributed by atoms with van der Waals surface area (Å²) in [6.07, 6.45) is -0.750. The fourth-order valence-electron chi connectivity index (χ4n) is 2.19. The van der Waals surface area contributed by atoms with Crippen LogP contribution in [0.15, 0.2) is 11.6 Å². The lowest BCUT2D eigenvalue weighted by atomic mass is 10.0. The van der Waals surface area contributed by atoms with E-state index in [1.807, 2.05) is 6.07 Å². The normalized spacial score (nSPS) is 26.1. The predicted molar refractivity (Wildman–Crippen MR) is 63.5 cm³/mol. The number of alkyl halides is 1. The largest absolute Gasteiger partial charge is 0.462 e. The highest BCUT2D eigenvalue weighted by Gasteiger charge is 2.47. The van der Waals surface area contributed by atoms with Crippen molar-refractivity contribution in [3.05, 3.63) is 11.6 Å². The third kappa shape index (κ3) is 2.32. The Balaban J connectivity index is 2.11. The van der Waals surface area contributed by atoms with Crippen LogP contribution < -0.4 is 0 Å². The van der Waals surface area contributed by atoms with Crippen LogP contribution in [0.3, 0.4) is 0 Å². The number of carbonyl (C=O) groups excluding carboxylic acids is 2. The molecule has 2 bridgehead atoms. The highest BCUT2D eigenvalue weighted by Crippen LogP contribution is 2.30. The molecule has 0 N–H and O–H groups in total. The molecule has 2 heterocycles. The second kappa shape index (κ2) is 5.46. The van der Waals surface area contributed by atoms with Crippen molar-refractivity contribution in [2.75, 3.05) is 13.2 Å². The number of fused-ring (bicyclic) bond motifs is 2. The van der Waals surface area contributed by atoms with E-state index in [4.69, 9.17) is 10.1 Å². The Hall–Kier alpha value is -2.14. The number of ether oxygens (including phenoxy) is 1. The maximum Gasteiger partial charge on any atom is 0.370 e. The fraction of sp³-hybridized carbons (Fsp3) is 0.583. The number of esters is 1. The van der Waals surface area contributed by atoms with Crippen LogP contribution >= 0.6 is 0 Å². The number of hydroxylamine groups is 2. The second-order valence-corrected chi connectivity index (χ2v) is 4.43. The summed E-state index contributed by atoms with van der Waals surface area (Å²) in [5.74, 6) is -1.18. The van der Waals surface area contributed by atoms with Crippen molar-refractivity contribution >= 4 is 12.0 Å². The lowest BCUT2D eigenvalue weighted by Gasteiger charge is -2.24. The van der Waals surface area contributed by atoms with Gasteiger partial charge < -0.3 is 9.64 Å². The van der Waals surface area contributed by atoms with Crippen molar-refractivity contribution in [2.24, 2.45) is 0 Å². The van der Waals surface area contributed by atoms with Gasteiger partial charge in [-0.1, -0.05) is 0 Å². The molecule has 1 saturated heterocycles. The van der Waals surface area contributed by atoms with Gasteiger partial charge in [0.25, 0.3) is 0 Å². The van der Waals surface area contributed by atoms with Crippen LogP contribution in [0, 0.1) is 11.3 Å². The second-order valence-electron chi connectivity index (χ2n) is 4.43. The summed E-state index contributed by atoms with van der Waals surface area (Å²) in [5, 5.41) is 9.77. The maximum absolute atomic E-state index is 13.6. The van der Waals surface area contributed by atoms with Gasteiger partial charge in [0.2, 0.25) is 0 Å². The van der Waals surface area contributed by atoms with E-state index in [-0.39, 0.29) is 13.2 Å². The van der Waals surface area contributed by atoms with E-state index in [9.17, 15) is 14.0 Å². The van der Waals surface area contributed by atoms with Gasteiger partial charge in [-0.15, -0.1) is 0 Å². The van der Waals surface area contributed by atoms with Gasteiger partial charge in [0.15, 0.2) is 0 Å². The minimum Gasteiger partial charge on any atom is -0.462 e. The van der Waals surface area contributed by atoms with Crippen molar-refractivity contribution in [1.82, 2.24) is 9.96 Å². The molecular formula is C12H14FN3O4. The van der Waals surface area contributed by atoms with Gasteiger partial charge in [0, 0.05) is 0 Å². The van der Waals surface area contributed by atoms with E-state index in [0.29, 0.717) is 0 Å². The van der Waals surface area contributed by atoms with Gasteiger partial charge in [-0.05, 0) is 25.5 Å². The van der Waals surface area contributed by atoms with Crippen LogP contribution in [-0.4, -0.2) is 53.6 Å². The SMILES string of the molecule is CCOC(=O)[C@@H](F)ON1C(=O)N2C[C@@H]1C(C)=CC2C#N. The Kier molecular flexibility index (Phi) is 3.90. The van der Waals surface area contributed by atoms with E-state index < -0.39 is 30.4 Å². The molecule has 0 saturated carbocycles. The maximum atomic E-state index is 13.6.